The molecule has 1 aliphatic rings. The van der Waals surface area contributed by atoms with Crippen LogP contribution in [0.5, 0.6) is 5.75 Å². The smallest absolute Gasteiger partial charge is 0.137 e. The van der Waals surface area contributed by atoms with Gasteiger partial charge in [-0.25, -0.2) is 4.98 Å². The summed E-state index contributed by atoms with van der Waals surface area (Å²) in [6.07, 6.45) is 2.98. The van der Waals surface area contributed by atoms with Crippen LogP contribution >= 0.6 is 11.8 Å². The highest BCUT2D eigenvalue weighted by Gasteiger charge is 2.14. The molecule has 14 heavy (non-hydrogen) atoms. The third-order valence-corrected chi connectivity index (χ3v) is 3.42. The van der Waals surface area contributed by atoms with E-state index in [9.17, 15) is 0 Å². The number of hydrogen-bond acceptors (Lipinski definition) is 4. The molecule has 1 aliphatic heterocycles. The number of nitrogens with zero attached hydrogens (tertiary/aromatic N) is 1. The number of thioether (sulfide) groups is 1. The Kier molecular flexibility index (Phi) is 3.14. The molecule has 1 aromatic rings. The molecule has 1 atom stereocenters. The van der Waals surface area contributed by atoms with Crippen LogP contribution in [0.25, 0.3) is 0 Å². The summed E-state index contributed by atoms with van der Waals surface area (Å²) in [6, 6.07) is 4.47. The Labute approximate surface area is 88.3 Å². The first-order valence-corrected chi connectivity index (χ1v) is 5.88. The molecule has 0 saturated carbocycles. The highest BCUT2D eigenvalue weighted by atomic mass is 32.2. The maximum atomic E-state index is 5.04. The van der Waals surface area contributed by atoms with Gasteiger partial charge in [-0.2, -0.15) is 11.8 Å². The van der Waals surface area contributed by atoms with Crippen LogP contribution in [-0.4, -0.2) is 29.6 Å². The quantitative estimate of drug-likeness (QED) is 0.827. The number of nitrogens with one attached hydrogen (secondary N) is 1. The van der Waals surface area contributed by atoms with Gasteiger partial charge in [-0.05, 0) is 24.3 Å². The summed E-state index contributed by atoms with van der Waals surface area (Å²) in [5.74, 6) is 4.19. The second-order valence-corrected chi connectivity index (χ2v) is 4.44. The molecule has 1 aromatic heterocycles. The topological polar surface area (TPSA) is 34.1 Å². The summed E-state index contributed by atoms with van der Waals surface area (Å²) in [7, 11) is 1.65. The molecule has 0 bridgehead atoms. The molecule has 0 aromatic carbocycles. The first kappa shape index (κ1) is 9.65. The monoisotopic (exact) mass is 210 g/mol. The third-order valence-electron chi connectivity index (χ3n) is 2.25. The average molecular weight is 210 g/mol. The van der Waals surface area contributed by atoms with E-state index in [0.29, 0.717) is 6.04 Å². The summed E-state index contributed by atoms with van der Waals surface area (Å²) >= 11 is 1.99. The van der Waals surface area contributed by atoms with Gasteiger partial charge in [0.15, 0.2) is 0 Å². The summed E-state index contributed by atoms with van der Waals surface area (Å²) < 4.78 is 5.04. The maximum absolute atomic E-state index is 5.04. The summed E-state index contributed by atoms with van der Waals surface area (Å²) in [4.78, 5) is 4.27. The zero-order valence-corrected chi connectivity index (χ0v) is 9.01. The van der Waals surface area contributed by atoms with Crippen LogP contribution < -0.4 is 10.1 Å². The molecule has 76 valence electrons. The van der Waals surface area contributed by atoms with Crippen molar-refractivity contribution in [3.05, 3.63) is 18.3 Å². The largest absolute Gasteiger partial charge is 0.495 e. The minimum absolute atomic E-state index is 0.584. The van der Waals surface area contributed by atoms with Crippen molar-refractivity contribution in [1.82, 2.24) is 4.98 Å². The second-order valence-electron chi connectivity index (χ2n) is 3.29. The fourth-order valence-electron chi connectivity index (χ4n) is 1.44. The Morgan fingerprint density at radius 1 is 1.57 bits per heavy atom. The molecule has 2 rings (SSSR count). The standard InChI is InChI=1S/C10H14N2OS/c1-13-9-2-3-10(11-6-9)12-8-4-5-14-7-8/h2-3,6,8H,4-5,7H2,1H3,(H,11,12). The van der Waals surface area contributed by atoms with Crippen molar-refractivity contribution in [3.63, 3.8) is 0 Å². The highest BCUT2D eigenvalue weighted by molar-refractivity contribution is 7.99. The zero-order chi connectivity index (χ0) is 9.80. The maximum Gasteiger partial charge on any atom is 0.137 e. The van der Waals surface area contributed by atoms with E-state index in [4.69, 9.17) is 4.74 Å². The van der Waals surface area contributed by atoms with E-state index >= 15 is 0 Å². The molecule has 0 spiro atoms. The van der Waals surface area contributed by atoms with Crippen LogP contribution in [0, 0.1) is 0 Å². The van der Waals surface area contributed by atoms with Crippen LogP contribution in [0.15, 0.2) is 18.3 Å². The molecular weight excluding hydrogens is 196 g/mol. The molecule has 0 amide bonds. The van der Waals surface area contributed by atoms with Crippen molar-refractivity contribution >= 4 is 17.6 Å². The number of rotatable bonds is 3. The molecule has 3 nitrogen and oxygen atoms in total. The molecule has 4 heteroatoms. The van der Waals surface area contributed by atoms with E-state index in [1.54, 1.807) is 13.3 Å². The van der Waals surface area contributed by atoms with E-state index in [0.717, 1.165) is 11.6 Å². The highest BCUT2D eigenvalue weighted by Crippen LogP contribution is 2.21. The SMILES string of the molecule is COc1ccc(NC2CCSC2)nc1. The van der Waals surface area contributed by atoms with E-state index < -0.39 is 0 Å². The Morgan fingerprint density at radius 2 is 2.50 bits per heavy atom. The van der Waals surface area contributed by atoms with Crippen LogP contribution in [-0.2, 0) is 0 Å². The fraction of sp³-hybridized carbons (Fsp3) is 0.500. The number of ether oxygens (including phenoxy) is 1. The molecule has 0 aliphatic carbocycles. The summed E-state index contributed by atoms with van der Waals surface area (Å²) in [6.45, 7) is 0. The Balaban J connectivity index is 1.95. The summed E-state index contributed by atoms with van der Waals surface area (Å²) in [5, 5.41) is 3.40. The van der Waals surface area contributed by atoms with E-state index in [1.807, 2.05) is 23.9 Å². The lowest BCUT2D eigenvalue weighted by molar-refractivity contribution is 0.413. The van der Waals surface area contributed by atoms with Crippen molar-refractivity contribution in [2.24, 2.45) is 0 Å². The van der Waals surface area contributed by atoms with E-state index in [1.165, 1.54) is 17.9 Å². The van der Waals surface area contributed by atoms with Crippen LogP contribution in [0.3, 0.4) is 0 Å². The van der Waals surface area contributed by atoms with Crippen LogP contribution in [0.1, 0.15) is 6.42 Å². The van der Waals surface area contributed by atoms with Gasteiger partial charge in [0.1, 0.15) is 11.6 Å². The Bertz CT molecular complexity index is 283. The Hall–Kier alpha value is -0.900. The molecule has 1 saturated heterocycles. The van der Waals surface area contributed by atoms with Gasteiger partial charge < -0.3 is 10.1 Å². The molecule has 1 N–H and O–H groups in total. The first-order chi connectivity index (χ1) is 6.88. The molecule has 1 fully saturated rings. The van der Waals surface area contributed by atoms with Gasteiger partial charge in [-0.1, -0.05) is 0 Å². The second kappa shape index (κ2) is 4.55. The van der Waals surface area contributed by atoms with Crippen LogP contribution in [0.4, 0.5) is 5.82 Å². The van der Waals surface area contributed by atoms with Crippen molar-refractivity contribution in [1.29, 1.82) is 0 Å². The molecule has 2 heterocycles. The van der Waals surface area contributed by atoms with Gasteiger partial charge >= 0.3 is 0 Å². The van der Waals surface area contributed by atoms with Gasteiger partial charge in [0.25, 0.3) is 0 Å². The van der Waals surface area contributed by atoms with E-state index in [2.05, 4.69) is 10.3 Å². The minimum atomic E-state index is 0.584. The fourth-order valence-corrected chi connectivity index (χ4v) is 2.60. The van der Waals surface area contributed by atoms with Crippen molar-refractivity contribution in [2.45, 2.75) is 12.5 Å². The van der Waals surface area contributed by atoms with Gasteiger partial charge in [0.2, 0.25) is 0 Å². The average Bonchev–Trinajstić information content (AvgIpc) is 2.72. The first-order valence-electron chi connectivity index (χ1n) is 4.73. The number of pyridine rings is 1. The van der Waals surface area contributed by atoms with Crippen LogP contribution in [0.2, 0.25) is 0 Å². The number of hydrogen-bond donors (Lipinski definition) is 1. The van der Waals surface area contributed by atoms with Gasteiger partial charge in [-0.3, -0.25) is 0 Å². The summed E-state index contributed by atoms with van der Waals surface area (Å²) in [5.41, 5.74) is 0. The van der Waals surface area contributed by atoms with Gasteiger partial charge in [0.05, 0.1) is 13.3 Å². The zero-order valence-electron chi connectivity index (χ0n) is 8.19. The van der Waals surface area contributed by atoms with Crippen molar-refractivity contribution < 1.29 is 4.74 Å². The third kappa shape index (κ3) is 2.32. The number of anilines is 1. The predicted molar refractivity (Wildman–Crippen MR) is 60.1 cm³/mol. The van der Waals surface area contributed by atoms with Gasteiger partial charge in [-0.15, -0.1) is 0 Å². The number of aromatic nitrogens is 1. The molecule has 1 unspecified atom stereocenters. The van der Waals surface area contributed by atoms with Crippen molar-refractivity contribution in [2.75, 3.05) is 23.9 Å². The lowest BCUT2D eigenvalue weighted by atomic mass is 10.2. The molecule has 0 radical (unpaired) electrons. The van der Waals surface area contributed by atoms with E-state index in [-0.39, 0.29) is 0 Å². The predicted octanol–water partition coefficient (Wildman–Crippen LogP) is 2.01. The molecular formula is C10H14N2OS. The van der Waals surface area contributed by atoms with Gasteiger partial charge in [0, 0.05) is 11.8 Å². The normalized spacial score (nSPS) is 20.8. The number of methoxy groups -OCH3 is 1. The lowest BCUT2D eigenvalue weighted by Crippen LogP contribution is -2.18. The minimum Gasteiger partial charge on any atom is -0.495 e. The lowest BCUT2D eigenvalue weighted by Gasteiger charge is -2.11. The Morgan fingerprint density at radius 3 is 3.07 bits per heavy atom. The van der Waals surface area contributed by atoms with Crippen molar-refractivity contribution in [3.8, 4) is 5.75 Å².